The molecule has 0 bridgehead atoms. The van der Waals surface area contributed by atoms with Crippen LogP contribution in [0.3, 0.4) is 0 Å². The number of phenolic OH excluding ortho intramolecular Hbond substituents is 2. The molecule has 4 aromatic rings. The van der Waals surface area contributed by atoms with Crippen molar-refractivity contribution in [1.29, 1.82) is 0 Å². The van der Waals surface area contributed by atoms with E-state index in [9.17, 15) is 10.2 Å². The predicted octanol–water partition coefficient (Wildman–Crippen LogP) is 6.10. The minimum atomic E-state index is 0.253. The molecule has 0 unspecified atom stereocenters. The molecule has 0 aromatic heterocycles. The Morgan fingerprint density at radius 2 is 0.958 bits per heavy atom. The van der Waals surface area contributed by atoms with E-state index in [4.69, 9.17) is 0 Å². The third-order valence-corrected chi connectivity index (χ3v) is 4.02. The van der Waals surface area contributed by atoms with E-state index in [0.29, 0.717) is 0 Å². The fraction of sp³-hybridized carbons (Fsp3) is 0.0909. The maximum Gasteiger partial charge on any atom is 0.116 e. The van der Waals surface area contributed by atoms with Crippen molar-refractivity contribution >= 4 is 21.5 Å². The third kappa shape index (κ3) is 2.79. The summed E-state index contributed by atoms with van der Waals surface area (Å²) in [4.78, 5) is 0. The van der Waals surface area contributed by atoms with E-state index in [1.807, 2.05) is 62.4 Å². The van der Waals surface area contributed by atoms with Crippen LogP contribution in [0, 0.1) is 0 Å². The Balaban J connectivity index is 0.000000815. The van der Waals surface area contributed by atoms with E-state index in [2.05, 4.69) is 0 Å². The average molecular weight is 316 g/mol. The molecule has 2 nitrogen and oxygen atoms in total. The molecular weight excluding hydrogens is 296 g/mol. The Hall–Kier alpha value is -3.00. The molecule has 0 atom stereocenters. The number of benzene rings is 4. The second kappa shape index (κ2) is 6.63. The van der Waals surface area contributed by atoms with Crippen molar-refractivity contribution in [2.75, 3.05) is 0 Å². The molecule has 0 fully saturated rings. The van der Waals surface area contributed by atoms with Gasteiger partial charge in [0.05, 0.1) is 0 Å². The lowest BCUT2D eigenvalue weighted by atomic mass is 9.94. The van der Waals surface area contributed by atoms with Gasteiger partial charge in [-0.15, -0.1) is 0 Å². The van der Waals surface area contributed by atoms with Crippen LogP contribution in [-0.2, 0) is 0 Å². The highest BCUT2D eigenvalue weighted by Gasteiger charge is 2.08. The van der Waals surface area contributed by atoms with Gasteiger partial charge in [-0.3, -0.25) is 0 Å². The summed E-state index contributed by atoms with van der Waals surface area (Å²) < 4.78 is 0. The standard InChI is InChI=1S/C20H14O2.C2H6/c21-15-9-7-13-3-1-5-17(19(13)11-15)18-6-2-4-14-8-10-16(22)12-20(14)18;1-2/h1-12,21-22H;1-2H3. The molecule has 4 aromatic carbocycles. The topological polar surface area (TPSA) is 40.5 Å². The molecule has 0 aliphatic carbocycles. The van der Waals surface area contributed by atoms with Gasteiger partial charge in [0.1, 0.15) is 11.5 Å². The summed E-state index contributed by atoms with van der Waals surface area (Å²) in [5.74, 6) is 0.506. The molecule has 2 N–H and O–H groups in total. The zero-order chi connectivity index (χ0) is 17.1. The van der Waals surface area contributed by atoms with Crippen LogP contribution in [0.1, 0.15) is 13.8 Å². The van der Waals surface area contributed by atoms with Crippen LogP contribution in [0.2, 0.25) is 0 Å². The first-order valence-electron chi connectivity index (χ1n) is 8.16. The highest BCUT2D eigenvalue weighted by atomic mass is 16.3. The Morgan fingerprint density at radius 1 is 0.542 bits per heavy atom. The summed E-state index contributed by atoms with van der Waals surface area (Å²) in [5.41, 5.74) is 2.09. The molecule has 120 valence electrons. The molecule has 24 heavy (non-hydrogen) atoms. The van der Waals surface area contributed by atoms with Crippen LogP contribution in [-0.4, -0.2) is 10.2 Å². The number of aromatic hydroxyl groups is 2. The Labute approximate surface area is 141 Å². The second-order valence-corrected chi connectivity index (χ2v) is 5.42. The largest absolute Gasteiger partial charge is 0.508 e. The van der Waals surface area contributed by atoms with Crippen molar-refractivity contribution in [3.63, 3.8) is 0 Å². The van der Waals surface area contributed by atoms with Crippen molar-refractivity contribution in [2.24, 2.45) is 0 Å². The SMILES string of the molecule is CC.Oc1ccc2cccc(-c3cccc4ccc(O)cc34)c2c1. The molecule has 0 saturated heterocycles. The summed E-state index contributed by atoms with van der Waals surface area (Å²) >= 11 is 0. The third-order valence-electron chi connectivity index (χ3n) is 4.02. The van der Waals surface area contributed by atoms with Crippen LogP contribution < -0.4 is 0 Å². The average Bonchev–Trinajstić information content (AvgIpc) is 2.62. The number of phenols is 2. The lowest BCUT2D eigenvalue weighted by Gasteiger charge is -2.11. The zero-order valence-corrected chi connectivity index (χ0v) is 13.8. The molecule has 0 saturated carbocycles. The van der Waals surface area contributed by atoms with Crippen LogP contribution in [0.4, 0.5) is 0 Å². The Morgan fingerprint density at radius 3 is 1.38 bits per heavy atom. The normalized spacial score (nSPS) is 10.4. The highest BCUT2D eigenvalue weighted by molar-refractivity contribution is 6.06. The van der Waals surface area contributed by atoms with E-state index < -0.39 is 0 Å². The summed E-state index contributed by atoms with van der Waals surface area (Å²) in [7, 11) is 0. The van der Waals surface area contributed by atoms with Crippen molar-refractivity contribution in [1.82, 2.24) is 0 Å². The number of fused-ring (bicyclic) bond motifs is 2. The first kappa shape index (κ1) is 15.9. The predicted molar refractivity (Wildman–Crippen MR) is 102 cm³/mol. The monoisotopic (exact) mass is 316 g/mol. The van der Waals surface area contributed by atoms with E-state index in [1.54, 1.807) is 24.3 Å². The first-order chi connectivity index (χ1) is 11.7. The van der Waals surface area contributed by atoms with Crippen LogP contribution in [0.25, 0.3) is 32.7 Å². The molecule has 4 rings (SSSR count). The van der Waals surface area contributed by atoms with Crippen molar-refractivity contribution in [3.8, 4) is 22.6 Å². The van der Waals surface area contributed by atoms with Gasteiger partial charge in [0, 0.05) is 0 Å². The molecule has 2 heteroatoms. The second-order valence-electron chi connectivity index (χ2n) is 5.42. The van der Waals surface area contributed by atoms with Crippen molar-refractivity contribution < 1.29 is 10.2 Å². The van der Waals surface area contributed by atoms with Gasteiger partial charge in [0.15, 0.2) is 0 Å². The van der Waals surface area contributed by atoms with E-state index in [0.717, 1.165) is 32.7 Å². The van der Waals surface area contributed by atoms with Crippen LogP contribution >= 0.6 is 0 Å². The molecule has 0 aliphatic heterocycles. The summed E-state index contributed by atoms with van der Waals surface area (Å²) in [5, 5.41) is 23.8. The van der Waals surface area contributed by atoms with Gasteiger partial charge in [-0.25, -0.2) is 0 Å². The van der Waals surface area contributed by atoms with Gasteiger partial charge < -0.3 is 10.2 Å². The first-order valence-corrected chi connectivity index (χ1v) is 8.16. The Kier molecular flexibility index (Phi) is 4.39. The number of hydrogen-bond donors (Lipinski definition) is 2. The van der Waals surface area contributed by atoms with Crippen molar-refractivity contribution in [2.45, 2.75) is 13.8 Å². The fourth-order valence-electron chi connectivity index (χ4n) is 2.99. The maximum atomic E-state index is 9.82. The number of hydrogen-bond acceptors (Lipinski definition) is 2. The molecule has 0 aliphatic rings. The summed E-state index contributed by atoms with van der Waals surface area (Å²) in [6.45, 7) is 4.00. The van der Waals surface area contributed by atoms with Crippen molar-refractivity contribution in [3.05, 3.63) is 72.8 Å². The summed E-state index contributed by atoms with van der Waals surface area (Å²) in [6.07, 6.45) is 0. The zero-order valence-electron chi connectivity index (χ0n) is 13.8. The maximum absolute atomic E-state index is 9.82. The molecule has 0 radical (unpaired) electrons. The van der Waals surface area contributed by atoms with Gasteiger partial charge in [-0.1, -0.05) is 62.4 Å². The smallest absolute Gasteiger partial charge is 0.116 e. The minimum absolute atomic E-state index is 0.253. The minimum Gasteiger partial charge on any atom is -0.508 e. The van der Waals surface area contributed by atoms with Gasteiger partial charge in [-0.05, 0) is 56.9 Å². The lowest BCUT2D eigenvalue weighted by molar-refractivity contribution is 0.475. The van der Waals surface area contributed by atoms with Crippen LogP contribution in [0.5, 0.6) is 11.5 Å². The quantitative estimate of drug-likeness (QED) is 0.445. The van der Waals surface area contributed by atoms with E-state index in [-0.39, 0.29) is 11.5 Å². The number of rotatable bonds is 1. The molecule has 0 heterocycles. The van der Waals surface area contributed by atoms with Gasteiger partial charge >= 0.3 is 0 Å². The molecule has 0 spiro atoms. The molecule has 0 amide bonds. The fourth-order valence-corrected chi connectivity index (χ4v) is 2.99. The van der Waals surface area contributed by atoms with Crippen LogP contribution in [0.15, 0.2) is 72.8 Å². The van der Waals surface area contributed by atoms with Gasteiger partial charge in [-0.2, -0.15) is 0 Å². The van der Waals surface area contributed by atoms with Gasteiger partial charge in [0.25, 0.3) is 0 Å². The lowest BCUT2D eigenvalue weighted by Crippen LogP contribution is -1.84. The highest BCUT2D eigenvalue weighted by Crippen LogP contribution is 2.36. The molecular formula is C22H20O2. The van der Waals surface area contributed by atoms with E-state index in [1.165, 1.54) is 0 Å². The van der Waals surface area contributed by atoms with Gasteiger partial charge in [0.2, 0.25) is 0 Å². The summed E-state index contributed by atoms with van der Waals surface area (Å²) in [6, 6.07) is 22.9. The van der Waals surface area contributed by atoms with E-state index >= 15 is 0 Å². The Bertz CT molecular complexity index is 920.